The van der Waals surface area contributed by atoms with Crippen molar-refractivity contribution in [3.63, 3.8) is 0 Å². The SMILES string of the molecule is Cc1ccc(SCC(=O)Nc2ccnn2Cc2ccc(N(C)C)cc2)cc1. The van der Waals surface area contributed by atoms with Gasteiger partial charge in [-0.1, -0.05) is 29.8 Å². The lowest BCUT2D eigenvalue weighted by Gasteiger charge is -2.13. The lowest BCUT2D eigenvalue weighted by molar-refractivity contribution is -0.113. The molecule has 0 atom stereocenters. The summed E-state index contributed by atoms with van der Waals surface area (Å²) >= 11 is 1.53. The predicted molar refractivity (Wildman–Crippen MR) is 113 cm³/mol. The Morgan fingerprint density at radius 1 is 1.07 bits per heavy atom. The van der Waals surface area contributed by atoms with Crippen LogP contribution in [0.15, 0.2) is 65.7 Å². The molecule has 0 spiro atoms. The highest BCUT2D eigenvalue weighted by atomic mass is 32.2. The number of amides is 1. The Morgan fingerprint density at radius 2 is 1.78 bits per heavy atom. The normalized spacial score (nSPS) is 10.6. The molecule has 0 unspecified atom stereocenters. The van der Waals surface area contributed by atoms with E-state index in [1.165, 1.54) is 17.3 Å². The summed E-state index contributed by atoms with van der Waals surface area (Å²) in [5, 5.41) is 7.29. The van der Waals surface area contributed by atoms with E-state index in [0.717, 1.165) is 16.1 Å². The van der Waals surface area contributed by atoms with Crippen molar-refractivity contribution in [3.05, 3.63) is 71.9 Å². The largest absolute Gasteiger partial charge is 0.378 e. The Kier molecular flexibility index (Phi) is 6.19. The first-order valence-corrected chi connectivity index (χ1v) is 9.77. The number of carbonyl (C=O) groups is 1. The summed E-state index contributed by atoms with van der Waals surface area (Å²) in [7, 11) is 4.04. The maximum Gasteiger partial charge on any atom is 0.235 e. The summed E-state index contributed by atoms with van der Waals surface area (Å²) in [4.78, 5) is 15.4. The van der Waals surface area contributed by atoms with Gasteiger partial charge < -0.3 is 10.2 Å². The van der Waals surface area contributed by atoms with E-state index in [1.807, 2.05) is 32.3 Å². The van der Waals surface area contributed by atoms with Crippen LogP contribution in [0.5, 0.6) is 0 Å². The quantitative estimate of drug-likeness (QED) is 0.629. The van der Waals surface area contributed by atoms with Gasteiger partial charge in [-0.15, -0.1) is 11.8 Å². The van der Waals surface area contributed by atoms with Gasteiger partial charge in [-0.3, -0.25) is 4.79 Å². The maximum absolute atomic E-state index is 12.3. The molecule has 2 aromatic carbocycles. The molecule has 0 bridgehead atoms. The minimum atomic E-state index is -0.0368. The number of thioether (sulfide) groups is 1. The van der Waals surface area contributed by atoms with Crippen molar-refractivity contribution in [2.45, 2.75) is 18.4 Å². The molecule has 5 nitrogen and oxygen atoms in total. The van der Waals surface area contributed by atoms with Crippen LogP contribution in [0.1, 0.15) is 11.1 Å². The third kappa shape index (κ3) is 5.37. The van der Waals surface area contributed by atoms with E-state index < -0.39 is 0 Å². The summed E-state index contributed by atoms with van der Waals surface area (Å²) < 4.78 is 1.80. The van der Waals surface area contributed by atoms with Gasteiger partial charge in [0.05, 0.1) is 18.5 Å². The van der Waals surface area contributed by atoms with Gasteiger partial charge in [-0.05, 0) is 36.8 Å². The van der Waals surface area contributed by atoms with Gasteiger partial charge in [0.2, 0.25) is 5.91 Å². The molecule has 6 heteroatoms. The number of rotatable bonds is 7. The Bertz CT molecular complexity index is 885. The summed E-state index contributed by atoms with van der Waals surface area (Å²) in [6, 6.07) is 18.3. The van der Waals surface area contributed by atoms with Gasteiger partial charge >= 0.3 is 0 Å². The number of benzene rings is 2. The van der Waals surface area contributed by atoms with Crippen LogP contribution in [0.25, 0.3) is 0 Å². The minimum absolute atomic E-state index is 0.0368. The van der Waals surface area contributed by atoms with E-state index in [-0.39, 0.29) is 5.91 Å². The third-order valence-electron chi connectivity index (χ3n) is 4.16. The Morgan fingerprint density at radius 3 is 2.44 bits per heavy atom. The molecule has 1 N–H and O–H groups in total. The topological polar surface area (TPSA) is 50.2 Å². The first kappa shape index (κ1) is 19.0. The van der Waals surface area contributed by atoms with Crippen molar-refractivity contribution in [2.75, 3.05) is 30.1 Å². The number of hydrogen-bond acceptors (Lipinski definition) is 4. The van der Waals surface area contributed by atoms with Gasteiger partial charge in [-0.2, -0.15) is 5.10 Å². The van der Waals surface area contributed by atoms with E-state index in [0.29, 0.717) is 18.1 Å². The highest BCUT2D eigenvalue weighted by Crippen LogP contribution is 2.19. The van der Waals surface area contributed by atoms with Gasteiger partial charge in [-0.25, -0.2) is 4.68 Å². The van der Waals surface area contributed by atoms with Crippen LogP contribution in [0.3, 0.4) is 0 Å². The van der Waals surface area contributed by atoms with Crippen molar-refractivity contribution in [2.24, 2.45) is 0 Å². The molecule has 1 amide bonds. The molecule has 1 aromatic heterocycles. The molecule has 0 aliphatic carbocycles. The fourth-order valence-corrected chi connectivity index (χ4v) is 3.30. The summed E-state index contributed by atoms with van der Waals surface area (Å²) in [6.45, 7) is 2.66. The van der Waals surface area contributed by atoms with Gasteiger partial charge in [0, 0.05) is 30.7 Å². The molecule has 0 aliphatic rings. The molecule has 0 saturated heterocycles. The van der Waals surface area contributed by atoms with Crippen LogP contribution in [0.4, 0.5) is 11.5 Å². The zero-order valence-electron chi connectivity index (χ0n) is 15.8. The second kappa shape index (κ2) is 8.77. The predicted octanol–water partition coefficient (Wildman–Crippen LogP) is 4.04. The van der Waals surface area contributed by atoms with Crippen molar-refractivity contribution in [3.8, 4) is 0 Å². The number of aromatic nitrogens is 2. The summed E-state index contributed by atoms with van der Waals surface area (Å²) in [6.07, 6.45) is 1.71. The number of nitrogens with one attached hydrogen (secondary N) is 1. The molecule has 3 rings (SSSR count). The second-order valence-electron chi connectivity index (χ2n) is 6.58. The standard InChI is InChI=1S/C21H24N4OS/c1-16-4-10-19(11-5-16)27-15-21(26)23-20-12-13-22-25(20)14-17-6-8-18(9-7-17)24(2)3/h4-13H,14-15H2,1-3H3,(H,23,26). The van der Waals surface area contributed by atoms with Crippen LogP contribution >= 0.6 is 11.8 Å². The van der Waals surface area contributed by atoms with Crippen molar-refractivity contribution in [1.29, 1.82) is 0 Å². The second-order valence-corrected chi connectivity index (χ2v) is 7.63. The Labute approximate surface area is 164 Å². The number of anilines is 2. The average molecular weight is 381 g/mol. The zero-order chi connectivity index (χ0) is 19.2. The van der Waals surface area contributed by atoms with Crippen molar-refractivity contribution in [1.82, 2.24) is 9.78 Å². The molecule has 140 valence electrons. The van der Waals surface area contributed by atoms with Crippen molar-refractivity contribution < 1.29 is 4.79 Å². The van der Waals surface area contributed by atoms with Crippen LogP contribution in [-0.2, 0) is 11.3 Å². The Balaban J connectivity index is 1.57. The lowest BCUT2D eigenvalue weighted by atomic mass is 10.2. The zero-order valence-corrected chi connectivity index (χ0v) is 16.7. The fourth-order valence-electron chi connectivity index (χ4n) is 2.60. The molecule has 0 fully saturated rings. The van der Waals surface area contributed by atoms with Crippen LogP contribution in [-0.4, -0.2) is 35.5 Å². The average Bonchev–Trinajstić information content (AvgIpc) is 3.08. The molecule has 3 aromatic rings. The number of nitrogens with zero attached hydrogens (tertiary/aromatic N) is 3. The van der Waals surface area contributed by atoms with Crippen LogP contribution < -0.4 is 10.2 Å². The number of hydrogen-bond donors (Lipinski definition) is 1. The molecule has 0 saturated carbocycles. The molecule has 0 radical (unpaired) electrons. The maximum atomic E-state index is 12.3. The van der Waals surface area contributed by atoms with Crippen LogP contribution in [0, 0.1) is 6.92 Å². The van der Waals surface area contributed by atoms with E-state index in [4.69, 9.17) is 0 Å². The van der Waals surface area contributed by atoms with Gasteiger partial charge in [0.1, 0.15) is 5.82 Å². The monoisotopic (exact) mass is 380 g/mol. The first-order chi connectivity index (χ1) is 13.0. The molecule has 1 heterocycles. The molecule has 0 aliphatic heterocycles. The molecular weight excluding hydrogens is 356 g/mol. The van der Waals surface area contributed by atoms with E-state index >= 15 is 0 Å². The minimum Gasteiger partial charge on any atom is -0.378 e. The highest BCUT2D eigenvalue weighted by molar-refractivity contribution is 8.00. The van der Waals surface area contributed by atoms with E-state index in [1.54, 1.807) is 10.9 Å². The van der Waals surface area contributed by atoms with Crippen LogP contribution in [0.2, 0.25) is 0 Å². The van der Waals surface area contributed by atoms with Gasteiger partial charge in [0.25, 0.3) is 0 Å². The summed E-state index contributed by atoms with van der Waals surface area (Å²) in [5.74, 6) is 1.04. The third-order valence-corrected chi connectivity index (χ3v) is 5.17. The van der Waals surface area contributed by atoms with E-state index in [2.05, 4.69) is 58.6 Å². The van der Waals surface area contributed by atoms with Crippen molar-refractivity contribution >= 4 is 29.2 Å². The smallest absolute Gasteiger partial charge is 0.235 e. The highest BCUT2D eigenvalue weighted by Gasteiger charge is 2.09. The van der Waals surface area contributed by atoms with E-state index in [9.17, 15) is 4.79 Å². The lowest BCUT2D eigenvalue weighted by Crippen LogP contribution is -2.17. The molecule has 27 heavy (non-hydrogen) atoms. The fraction of sp³-hybridized carbons (Fsp3) is 0.238. The Hall–Kier alpha value is -2.73. The van der Waals surface area contributed by atoms with Gasteiger partial charge in [0.15, 0.2) is 0 Å². The first-order valence-electron chi connectivity index (χ1n) is 8.78. The molecular formula is C21H24N4OS. The number of carbonyl (C=O) groups excluding carboxylic acids is 1. The summed E-state index contributed by atoms with van der Waals surface area (Å²) in [5.41, 5.74) is 3.50. The number of aryl methyl sites for hydroxylation is 1.